The molecule has 0 saturated heterocycles. The predicted octanol–water partition coefficient (Wildman–Crippen LogP) is 2.99. The monoisotopic (exact) mass is 430 g/mol. The Hall–Kier alpha value is -3.96. The quantitative estimate of drug-likeness (QED) is 0.505. The van der Waals surface area contributed by atoms with Crippen molar-refractivity contribution in [3.63, 3.8) is 0 Å². The molecular formula is C19H17F3N8O. The highest BCUT2D eigenvalue weighted by molar-refractivity contribution is 6.04. The SMILES string of the molecule is Cn1cc(C(=O)Nc2cc3c(cn2)cc(-c2ccnc(NCC(F)(F)F)n2)n3C)cn1. The van der Waals surface area contributed by atoms with Crippen LogP contribution in [0.4, 0.5) is 24.9 Å². The smallest absolute Gasteiger partial charge is 0.345 e. The fraction of sp³-hybridized carbons (Fsp3) is 0.211. The molecule has 160 valence electrons. The van der Waals surface area contributed by atoms with E-state index in [4.69, 9.17) is 0 Å². The van der Waals surface area contributed by atoms with E-state index >= 15 is 0 Å². The lowest BCUT2D eigenvalue weighted by Gasteiger charge is -2.09. The summed E-state index contributed by atoms with van der Waals surface area (Å²) in [6, 6.07) is 5.12. The first kappa shape index (κ1) is 20.3. The van der Waals surface area contributed by atoms with Gasteiger partial charge in [-0.1, -0.05) is 0 Å². The number of anilines is 2. The van der Waals surface area contributed by atoms with Gasteiger partial charge in [-0.3, -0.25) is 9.48 Å². The number of aromatic nitrogens is 6. The van der Waals surface area contributed by atoms with Gasteiger partial charge in [-0.05, 0) is 12.1 Å². The van der Waals surface area contributed by atoms with Crippen LogP contribution in [-0.2, 0) is 14.1 Å². The molecule has 0 fully saturated rings. The van der Waals surface area contributed by atoms with Crippen molar-refractivity contribution in [2.24, 2.45) is 14.1 Å². The van der Waals surface area contributed by atoms with Crippen molar-refractivity contribution in [3.05, 3.63) is 48.5 Å². The van der Waals surface area contributed by atoms with E-state index in [1.165, 1.54) is 17.1 Å². The Morgan fingerprint density at radius 3 is 2.68 bits per heavy atom. The number of carbonyl (C=O) groups excluding carboxylic acids is 1. The van der Waals surface area contributed by atoms with Crippen molar-refractivity contribution in [1.82, 2.24) is 29.3 Å². The van der Waals surface area contributed by atoms with Crippen LogP contribution in [0.5, 0.6) is 0 Å². The van der Waals surface area contributed by atoms with Crippen LogP contribution in [0.2, 0.25) is 0 Å². The van der Waals surface area contributed by atoms with E-state index < -0.39 is 12.7 Å². The normalized spacial score (nSPS) is 11.6. The summed E-state index contributed by atoms with van der Waals surface area (Å²) in [5.74, 6) is -0.113. The number of aryl methyl sites for hydroxylation is 2. The Balaban J connectivity index is 1.60. The van der Waals surface area contributed by atoms with Crippen LogP contribution in [-0.4, -0.2) is 47.9 Å². The van der Waals surface area contributed by atoms with E-state index in [9.17, 15) is 18.0 Å². The predicted molar refractivity (Wildman–Crippen MR) is 107 cm³/mol. The van der Waals surface area contributed by atoms with Crippen LogP contribution in [0, 0.1) is 0 Å². The van der Waals surface area contributed by atoms with E-state index in [-0.39, 0.29) is 11.9 Å². The van der Waals surface area contributed by atoms with Gasteiger partial charge in [0.1, 0.15) is 12.4 Å². The molecule has 0 bridgehead atoms. The number of hydrogen-bond donors (Lipinski definition) is 2. The molecule has 0 aromatic carbocycles. The number of alkyl halides is 3. The molecule has 0 spiro atoms. The second-order valence-corrected chi connectivity index (χ2v) is 6.81. The minimum absolute atomic E-state index is 0.123. The second-order valence-electron chi connectivity index (χ2n) is 6.81. The van der Waals surface area contributed by atoms with Crippen LogP contribution in [0.1, 0.15) is 10.4 Å². The molecule has 0 aliphatic rings. The lowest BCUT2D eigenvalue weighted by Crippen LogP contribution is -2.22. The van der Waals surface area contributed by atoms with E-state index in [2.05, 4.69) is 30.7 Å². The van der Waals surface area contributed by atoms with Gasteiger partial charge in [0.15, 0.2) is 0 Å². The van der Waals surface area contributed by atoms with Crippen LogP contribution in [0.15, 0.2) is 43.0 Å². The van der Waals surface area contributed by atoms with Crippen molar-refractivity contribution in [1.29, 1.82) is 0 Å². The molecule has 2 N–H and O–H groups in total. The standard InChI is InChI=1S/C19H17F3N8O/c1-29-9-12(8-26-29)17(31)28-16-6-14-11(7-24-16)5-15(30(14)2)13-3-4-23-18(27-13)25-10-19(20,21)22/h3-9H,10H2,1-2H3,(H,23,25,27)(H,24,28,31). The summed E-state index contributed by atoms with van der Waals surface area (Å²) in [7, 11) is 3.50. The van der Waals surface area contributed by atoms with Gasteiger partial charge in [-0.25, -0.2) is 15.0 Å². The highest BCUT2D eigenvalue weighted by Gasteiger charge is 2.27. The number of nitrogens with one attached hydrogen (secondary N) is 2. The van der Waals surface area contributed by atoms with Crippen molar-refractivity contribution < 1.29 is 18.0 Å². The molecule has 1 amide bonds. The van der Waals surface area contributed by atoms with Crippen molar-refractivity contribution >= 4 is 28.6 Å². The highest BCUT2D eigenvalue weighted by Crippen LogP contribution is 2.27. The van der Waals surface area contributed by atoms with Gasteiger partial charge in [-0.15, -0.1) is 0 Å². The molecule has 0 aliphatic heterocycles. The van der Waals surface area contributed by atoms with Gasteiger partial charge in [-0.2, -0.15) is 18.3 Å². The third-order valence-corrected chi connectivity index (χ3v) is 4.50. The maximum atomic E-state index is 12.4. The molecule has 12 heteroatoms. The molecule has 31 heavy (non-hydrogen) atoms. The van der Waals surface area contributed by atoms with E-state index in [0.29, 0.717) is 22.8 Å². The van der Waals surface area contributed by atoms with E-state index in [1.807, 2.05) is 10.6 Å². The Morgan fingerprint density at radius 2 is 1.97 bits per heavy atom. The minimum atomic E-state index is -4.37. The summed E-state index contributed by atoms with van der Waals surface area (Å²) >= 11 is 0. The van der Waals surface area contributed by atoms with Crippen molar-refractivity contribution in [2.45, 2.75) is 6.18 Å². The van der Waals surface area contributed by atoms with Crippen LogP contribution >= 0.6 is 0 Å². The molecule has 4 heterocycles. The number of nitrogens with zero attached hydrogens (tertiary/aromatic N) is 6. The maximum absolute atomic E-state index is 12.4. The third kappa shape index (κ3) is 4.47. The Kier molecular flexibility index (Phi) is 5.05. The summed E-state index contributed by atoms with van der Waals surface area (Å²) in [4.78, 5) is 24.6. The molecule has 9 nitrogen and oxygen atoms in total. The number of carbonyl (C=O) groups is 1. The van der Waals surface area contributed by atoms with Gasteiger partial charge >= 0.3 is 6.18 Å². The number of fused-ring (bicyclic) bond motifs is 1. The van der Waals surface area contributed by atoms with Crippen LogP contribution < -0.4 is 10.6 Å². The lowest BCUT2D eigenvalue weighted by molar-refractivity contribution is -0.115. The zero-order valence-electron chi connectivity index (χ0n) is 16.5. The summed E-state index contributed by atoms with van der Waals surface area (Å²) in [6.45, 7) is -1.23. The molecule has 0 saturated carbocycles. The molecule has 4 aromatic heterocycles. The second kappa shape index (κ2) is 7.70. The summed E-state index contributed by atoms with van der Waals surface area (Å²) in [5, 5.41) is 9.64. The van der Waals surface area contributed by atoms with Crippen LogP contribution in [0.3, 0.4) is 0 Å². The van der Waals surface area contributed by atoms with Gasteiger partial charge < -0.3 is 15.2 Å². The molecular weight excluding hydrogens is 413 g/mol. The molecule has 0 radical (unpaired) electrons. The Morgan fingerprint density at radius 1 is 1.16 bits per heavy atom. The maximum Gasteiger partial charge on any atom is 0.405 e. The number of halogens is 3. The van der Waals surface area contributed by atoms with Gasteiger partial charge in [0, 0.05) is 44.1 Å². The van der Waals surface area contributed by atoms with E-state index in [1.54, 1.807) is 38.6 Å². The first-order valence-corrected chi connectivity index (χ1v) is 9.09. The Labute approximate surface area is 173 Å². The number of rotatable bonds is 5. The minimum Gasteiger partial charge on any atom is -0.345 e. The molecule has 0 aliphatic carbocycles. The van der Waals surface area contributed by atoms with Gasteiger partial charge in [0.2, 0.25) is 5.95 Å². The molecule has 4 rings (SSSR count). The largest absolute Gasteiger partial charge is 0.405 e. The average molecular weight is 430 g/mol. The lowest BCUT2D eigenvalue weighted by atomic mass is 10.2. The zero-order valence-corrected chi connectivity index (χ0v) is 16.5. The average Bonchev–Trinajstić information content (AvgIpc) is 3.30. The Bertz CT molecular complexity index is 1260. The van der Waals surface area contributed by atoms with Gasteiger partial charge in [0.25, 0.3) is 5.91 Å². The summed E-state index contributed by atoms with van der Waals surface area (Å²) < 4.78 is 40.7. The fourth-order valence-electron chi connectivity index (χ4n) is 3.04. The summed E-state index contributed by atoms with van der Waals surface area (Å²) in [5.41, 5.74) is 2.26. The fourth-order valence-corrected chi connectivity index (χ4v) is 3.04. The molecule has 0 atom stereocenters. The third-order valence-electron chi connectivity index (χ3n) is 4.50. The van der Waals surface area contributed by atoms with Gasteiger partial charge in [0.05, 0.1) is 28.7 Å². The first-order chi connectivity index (χ1) is 14.7. The first-order valence-electron chi connectivity index (χ1n) is 9.09. The zero-order chi connectivity index (χ0) is 22.2. The topological polar surface area (TPSA) is 103 Å². The van der Waals surface area contributed by atoms with Crippen LogP contribution in [0.25, 0.3) is 22.3 Å². The van der Waals surface area contributed by atoms with E-state index in [0.717, 1.165) is 10.9 Å². The summed E-state index contributed by atoms with van der Waals surface area (Å²) in [6.07, 6.45) is 1.65. The highest BCUT2D eigenvalue weighted by atomic mass is 19.4. The number of amides is 1. The number of hydrogen-bond acceptors (Lipinski definition) is 6. The number of pyridine rings is 1. The van der Waals surface area contributed by atoms with Crippen molar-refractivity contribution in [2.75, 3.05) is 17.2 Å². The molecule has 0 unspecified atom stereocenters. The van der Waals surface area contributed by atoms with Crippen molar-refractivity contribution in [3.8, 4) is 11.4 Å². The molecule has 4 aromatic rings.